The maximum absolute atomic E-state index is 9.51. The summed E-state index contributed by atoms with van der Waals surface area (Å²) in [5, 5.41) is 10.6. The van der Waals surface area contributed by atoms with Gasteiger partial charge in [-0.25, -0.2) is 0 Å². The fourth-order valence-electron chi connectivity index (χ4n) is 1.76. The van der Waals surface area contributed by atoms with Gasteiger partial charge in [-0.1, -0.05) is 18.8 Å². The van der Waals surface area contributed by atoms with Gasteiger partial charge in [-0.05, 0) is 39.6 Å². The van der Waals surface area contributed by atoms with Crippen molar-refractivity contribution in [2.45, 2.75) is 6.42 Å². The summed E-state index contributed by atoms with van der Waals surface area (Å²) < 4.78 is 4.01. The van der Waals surface area contributed by atoms with Crippen molar-refractivity contribution in [1.29, 1.82) is 0 Å². The molecule has 1 aromatic carbocycles. The van der Waals surface area contributed by atoms with Crippen LogP contribution in [0.5, 0.6) is 5.75 Å². The van der Waals surface area contributed by atoms with Crippen molar-refractivity contribution < 1.29 is 5.11 Å². The third-order valence-electron chi connectivity index (χ3n) is 2.54. The van der Waals surface area contributed by atoms with Crippen molar-refractivity contribution in [3.05, 3.63) is 30.0 Å². The zero-order valence-corrected chi connectivity index (χ0v) is 12.3. The highest BCUT2D eigenvalue weighted by Crippen LogP contribution is 2.27. The maximum atomic E-state index is 9.51. The first-order valence-electron chi connectivity index (χ1n) is 4.93. The summed E-state index contributed by atoms with van der Waals surface area (Å²) in [5.41, 5.74) is 2.37. The summed E-state index contributed by atoms with van der Waals surface area (Å²) in [6.07, 6.45) is 3.04. The monoisotopic (exact) mass is 272 g/mol. The van der Waals surface area contributed by atoms with Gasteiger partial charge in [-0.2, -0.15) is 0 Å². The van der Waals surface area contributed by atoms with E-state index in [0.717, 1.165) is 23.9 Å². The number of nitrogens with zero attached hydrogens (tertiary/aromatic N) is 2. The SMILES string of the molecule is Oc1ccc2c(c1)c(CCN(P)P)cn2P. The molecule has 6 heteroatoms. The van der Waals surface area contributed by atoms with E-state index in [-0.39, 0.29) is 0 Å². The van der Waals surface area contributed by atoms with Crippen molar-refractivity contribution in [2.75, 3.05) is 6.54 Å². The number of fused-ring (bicyclic) bond motifs is 1. The van der Waals surface area contributed by atoms with Crippen LogP contribution >= 0.6 is 28.2 Å². The molecule has 3 atom stereocenters. The van der Waals surface area contributed by atoms with Crippen molar-refractivity contribution in [3.8, 4) is 5.75 Å². The van der Waals surface area contributed by atoms with Crippen molar-refractivity contribution in [2.24, 2.45) is 0 Å². The standard InChI is InChI=1S/C10H15N2OP3/c13-8-1-2-10-9(5-8)7(6-11(10)14)3-4-12(15)16/h1-2,5-6,13H,3-4,14-16H2. The highest BCUT2D eigenvalue weighted by Gasteiger charge is 2.07. The van der Waals surface area contributed by atoms with E-state index < -0.39 is 0 Å². The third kappa shape index (κ3) is 2.55. The number of hydrogen-bond donors (Lipinski definition) is 1. The van der Waals surface area contributed by atoms with E-state index >= 15 is 0 Å². The quantitative estimate of drug-likeness (QED) is 0.869. The summed E-state index contributed by atoms with van der Waals surface area (Å²) in [6, 6.07) is 5.46. The molecule has 2 rings (SSSR count). The molecule has 86 valence electrons. The van der Waals surface area contributed by atoms with Crippen LogP contribution in [0.3, 0.4) is 0 Å². The zero-order chi connectivity index (χ0) is 11.7. The third-order valence-corrected chi connectivity index (χ3v) is 3.48. The molecule has 0 amide bonds. The zero-order valence-electron chi connectivity index (χ0n) is 8.80. The molecule has 3 unspecified atom stereocenters. The van der Waals surface area contributed by atoms with Crippen LogP contribution in [-0.4, -0.2) is 20.4 Å². The molecule has 0 spiro atoms. The van der Waals surface area contributed by atoms with Crippen molar-refractivity contribution >= 4 is 39.1 Å². The molecule has 3 nitrogen and oxygen atoms in total. The molecule has 0 saturated heterocycles. The second kappa shape index (κ2) is 4.98. The summed E-state index contributed by atoms with van der Waals surface area (Å²) in [6.45, 7) is 0.939. The van der Waals surface area contributed by atoms with Crippen LogP contribution in [0.2, 0.25) is 0 Å². The molecule has 0 aliphatic rings. The Morgan fingerprint density at radius 2 is 2.06 bits per heavy atom. The van der Waals surface area contributed by atoms with Gasteiger partial charge in [0.15, 0.2) is 0 Å². The summed E-state index contributed by atoms with van der Waals surface area (Å²) in [5.74, 6) is 0.318. The van der Waals surface area contributed by atoms with E-state index in [1.807, 2.05) is 20.9 Å². The summed E-state index contributed by atoms with van der Waals surface area (Å²) in [4.78, 5) is 0. The van der Waals surface area contributed by atoms with Gasteiger partial charge in [0.05, 0.1) is 5.52 Å². The number of benzene rings is 1. The number of aromatic hydroxyl groups is 1. The molecule has 0 aliphatic carbocycles. The second-order valence-corrected chi connectivity index (χ2v) is 6.23. The van der Waals surface area contributed by atoms with Crippen molar-refractivity contribution in [1.82, 2.24) is 8.78 Å². The van der Waals surface area contributed by atoms with Crippen molar-refractivity contribution in [3.63, 3.8) is 0 Å². The summed E-state index contributed by atoms with van der Waals surface area (Å²) in [7, 11) is 7.90. The van der Waals surface area contributed by atoms with Gasteiger partial charge in [0, 0.05) is 18.1 Å². The van der Waals surface area contributed by atoms with E-state index in [2.05, 4.69) is 34.4 Å². The molecule has 2 aromatic rings. The predicted octanol–water partition coefficient (Wildman–Crippen LogP) is 2.41. The lowest BCUT2D eigenvalue weighted by Crippen LogP contribution is -2.01. The number of aromatic nitrogens is 1. The smallest absolute Gasteiger partial charge is 0.116 e. The lowest BCUT2D eigenvalue weighted by Gasteiger charge is -2.07. The molecular formula is C10H15N2OP3. The first-order chi connectivity index (χ1) is 7.58. The number of hydrogen-bond acceptors (Lipinski definition) is 2. The Morgan fingerprint density at radius 3 is 2.75 bits per heavy atom. The van der Waals surface area contributed by atoms with Gasteiger partial charge >= 0.3 is 0 Å². The summed E-state index contributed by atoms with van der Waals surface area (Å²) >= 11 is 0. The average molecular weight is 272 g/mol. The Kier molecular flexibility index (Phi) is 3.82. The van der Waals surface area contributed by atoms with Gasteiger partial charge in [-0.15, -0.1) is 0 Å². The van der Waals surface area contributed by atoms with E-state index in [1.165, 1.54) is 5.56 Å². The van der Waals surface area contributed by atoms with Gasteiger partial charge in [0.1, 0.15) is 5.75 Å². The molecule has 0 radical (unpaired) electrons. The lowest BCUT2D eigenvalue weighted by atomic mass is 10.1. The minimum Gasteiger partial charge on any atom is -0.508 e. The molecule has 1 heterocycles. The van der Waals surface area contributed by atoms with Gasteiger partial charge in [0.25, 0.3) is 0 Å². The van der Waals surface area contributed by atoms with Crippen LogP contribution in [0.4, 0.5) is 0 Å². The minimum absolute atomic E-state index is 0.318. The molecule has 0 fully saturated rings. The molecule has 16 heavy (non-hydrogen) atoms. The highest BCUT2D eigenvalue weighted by atomic mass is 31.1. The second-order valence-electron chi connectivity index (χ2n) is 3.75. The van der Waals surface area contributed by atoms with Crippen LogP contribution in [0, 0.1) is 0 Å². The van der Waals surface area contributed by atoms with E-state index in [1.54, 1.807) is 6.07 Å². The molecule has 0 bridgehead atoms. The largest absolute Gasteiger partial charge is 0.508 e. The van der Waals surface area contributed by atoms with Crippen LogP contribution in [-0.2, 0) is 6.42 Å². The Labute approximate surface area is 102 Å². The topological polar surface area (TPSA) is 28.4 Å². The van der Waals surface area contributed by atoms with Gasteiger partial charge < -0.3 is 9.44 Å². The van der Waals surface area contributed by atoms with Gasteiger partial charge in [0.2, 0.25) is 0 Å². The Bertz CT molecular complexity index is 510. The van der Waals surface area contributed by atoms with Crippen LogP contribution < -0.4 is 0 Å². The van der Waals surface area contributed by atoms with Crippen LogP contribution in [0.15, 0.2) is 24.4 Å². The first-order valence-corrected chi connectivity index (χ1v) is 6.48. The molecule has 1 N–H and O–H groups in total. The van der Waals surface area contributed by atoms with Crippen LogP contribution in [0.1, 0.15) is 5.56 Å². The fourth-order valence-corrected chi connectivity index (χ4v) is 2.43. The maximum Gasteiger partial charge on any atom is 0.116 e. The van der Waals surface area contributed by atoms with Crippen LogP contribution in [0.25, 0.3) is 10.9 Å². The normalized spacial score (nSPS) is 11.5. The molecule has 0 saturated carbocycles. The number of phenols is 1. The highest BCUT2D eigenvalue weighted by molar-refractivity contribution is 7.30. The minimum atomic E-state index is 0.318. The number of phenolic OH excluding ortho intramolecular Hbond substituents is 1. The Morgan fingerprint density at radius 1 is 1.31 bits per heavy atom. The first kappa shape index (κ1) is 12.3. The lowest BCUT2D eigenvalue weighted by molar-refractivity contribution is 0.476. The Balaban J connectivity index is 2.41. The Hall–Kier alpha value is -0.190. The molecule has 0 aliphatic heterocycles. The van der Waals surface area contributed by atoms with Gasteiger partial charge in [-0.3, -0.25) is 4.44 Å². The average Bonchev–Trinajstić information content (AvgIpc) is 2.52. The van der Waals surface area contributed by atoms with E-state index in [4.69, 9.17) is 0 Å². The predicted molar refractivity (Wildman–Crippen MR) is 78.5 cm³/mol. The molecule has 1 aromatic heterocycles. The van der Waals surface area contributed by atoms with E-state index in [9.17, 15) is 5.11 Å². The van der Waals surface area contributed by atoms with E-state index in [0.29, 0.717) is 5.75 Å². The number of rotatable bonds is 3. The molecular weight excluding hydrogens is 257 g/mol. The fraction of sp³-hybridized carbons (Fsp3) is 0.200.